The number of nitrogens with one attached hydrogen (secondary N) is 3. The van der Waals surface area contributed by atoms with Crippen LogP contribution in [0.2, 0.25) is 5.02 Å². The van der Waals surface area contributed by atoms with Crippen LogP contribution in [0.25, 0.3) is 10.9 Å². The normalized spacial score (nSPS) is 12.4. The van der Waals surface area contributed by atoms with Crippen LogP contribution in [0.1, 0.15) is 11.1 Å². The highest BCUT2D eigenvalue weighted by Gasteiger charge is 2.27. The molecule has 1 amide bonds. The van der Waals surface area contributed by atoms with E-state index in [2.05, 4.69) is 15.0 Å². The minimum Gasteiger partial charge on any atom is -0.481 e. The molecule has 3 aromatic carbocycles. The monoisotopic (exact) mass is 511 g/mol. The molecule has 0 radical (unpaired) electrons. The molecule has 0 aliphatic rings. The number of aromatic nitrogens is 1. The molecular formula is C25H22ClN3O5S. The molecule has 4 rings (SSSR count). The highest BCUT2D eigenvalue weighted by molar-refractivity contribution is 7.89. The number of carboxylic acid groups (broad SMARTS) is 1. The van der Waals surface area contributed by atoms with E-state index in [1.807, 2.05) is 24.3 Å². The Morgan fingerprint density at radius 1 is 0.971 bits per heavy atom. The van der Waals surface area contributed by atoms with Gasteiger partial charge in [0.1, 0.15) is 6.04 Å². The molecular weight excluding hydrogens is 490 g/mol. The first-order valence-electron chi connectivity index (χ1n) is 10.7. The van der Waals surface area contributed by atoms with Gasteiger partial charge in [-0.15, -0.1) is 0 Å². The van der Waals surface area contributed by atoms with E-state index in [1.54, 1.807) is 30.5 Å². The van der Waals surface area contributed by atoms with Crippen LogP contribution in [0.3, 0.4) is 0 Å². The lowest BCUT2D eigenvalue weighted by molar-refractivity contribution is -0.136. The van der Waals surface area contributed by atoms with Gasteiger partial charge in [0.2, 0.25) is 15.9 Å². The van der Waals surface area contributed by atoms with Crippen molar-refractivity contribution in [2.75, 3.05) is 5.32 Å². The molecule has 4 aromatic rings. The van der Waals surface area contributed by atoms with Crippen LogP contribution in [-0.2, 0) is 32.5 Å². The third kappa shape index (κ3) is 6.07. The standard InChI is InChI=1S/C25H22ClN3O5S/c26-18-7-11-20(12-8-18)35(33,34)29-23(14-17-15-27-22-4-2-1-3-21(17)22)25(32)28-19-9-5-16(6-10-19)13-24(30)31/h1-12,15,23,27,29H,13-14H2,(H,28,32)(H,30,31). The summed E-state index contributed by atoms with van der Waals surface area (Å²) < 4.78 is 28.6. The summed E-state index contributed by atoms with van der Waals surface area (Å²) in [5.41, 5.74) is 2.64. The molecule has 8 nitrogen and oxygen atoms in total. The van der Waals surface area contributed by atoms with Crippen LogP contribution in [0, 0.1) is 0 Å². The highest BCUT2D eigenvalue weighted by Crippen LogP contribution is 2.21. The average Bonchev–Trinajstić information content (AvgIpc) is 3.22. The number of halogens is 1. The number of anilines is 1. The molecule has 1 atom stereocenters. The summed E-state index contributed by atoms with van der Waals surface area (Å²) in [5.74, 6) is -1.52. The van der Waals surface area contributed by atoms with Crippen molar-refractivity contribution in [3.05, 3.63) is 95.1 Å². The second-order valence-electron chi connectivity index (χ2n) is 7.95. The molecule has 0 aliphatic heterocycles. The van der Waals surface area contributed by atoms with Crippen molar-refractivity contribution in [3.8, 4) is 0 Å². The van der Waals surface area contributed by atoms with Crippen molar-refractivity contribution >= 4 is 50.1 Å². The van der Waals surface area contributed by atoms with Crippen LogP contribution in [-0.4, -0.2) is 36.4 Å². The van der Waals surface area contributed by atoms with Gasteiger partial charge in [0.05, 0.1) is 11.3 Å². The number of aliphatic carboxylic acids is 1. The lowest BCUT2D eigenvalue weighted by Gasteiger charge is -2.19. The second kappa shape index (κ2) is 10.3. The molecule has 0 saturated carbocycles. The number of fused-ring (bicyclic) bond motifs is 1. The summed E-state index contributed by atoms with van der Waals surface area (Å²) in [4.78, 5) is 27.2. The molecule has 180 valence electrons. The molecule has 35 heavy (non-hydrogen) atoms. The Hall–Kier alpha value is -3.66. The van der Waals surface area contributed by atoms with Crippen molar-refractivity contribution in [2.24, 2.45) is 0 Å². The first-order valence-corrected chi connectivity index (χ1v) is 12.5. The molecule has 0 saturated heterocycles. The van der Waals surface area contributed by atoms with E-state index in [-0.39, 0.29) is 17.7 Å². The molecule has 0 aliphatic carbocycles. The maximum atomic E-state index is 13.2. The van der Waals surface area contributed by atoms with Gasteiger partial charge in [-0.2, -0.15) is 4.72 Å². The van der Waals surface area contributed by atoms with Crippen molar-refractivity contribution in [1.29, 1.82) is 0 Å². The molecule has 0 bridgehead atoms. The fraction of sp³-hybridized carbons (Fsp3) is 0.120. The Kier molecular flexibility index (Phi) is 7.20. The lowest BCUT2D eigenvalue weighted by Crippen LogP contribution is -2.45. The number of sulfonamides is 1. The van der Waals surface area contributed by atoms with Gasteiger partial charge >= 0.3 is 5.97 Å². The highest BCUT2D eigenvalue weighted by atomic mass is 35.5. The number of H-pyrrole nitrogens is 1. The minimum atomic E-state index is -4.04. The molecule has 0 spiro atoms. The zero-order valence-electron chi connectivity index (χ0n) is 18.4. The summed E-state index contributed by atoms with van der Waals surface area (Å²) in [7, 11) is -4.04. The Balaban J connectivity index is 1.60. The summed E-state index contributed by atoms with van der Waals surface area (Å²) in [6, 6.07) is 18.4. The van der Waals surface area contributed by atoms with Gasteiger partial charge in [-0.3, -0.25) is 9.59 Å². The number of para-hydroxylation sites is 1. The number of benzene rings is 3. The summed E-state index contributed by atoms with van der Waals surface area (Å²) in [5, 5.41) is 12.9. The average molecular weight is 512 g/mol. The largest absolute Gasteiger partial charge is 0.481 e. The third-order valence-corrected chi connectivity index (χ3v) is 7.15. The van der Waals surface area contributed by atoms with Gasteiger partial charge in [-0.05, 0) is 60.0 Å². The fourth-order valence-electron chi connectivity index (χ4n) is 3.69. The predicted molar refractivity (Wildman–Crippen MR) is 134 cm³/mol. The van der Waals surface area contributed by atoms with E-state index >= 15 is 0 Å². The second-order valence-corrected chi connectivity index (χ2v) is 10.1. The van der Waals surface area contributed by atoms with Crippen LogP contribution in [0.5, 0.6) is 0 Å². The van der Waals surface area contributed by atoms with Crippen molar-refractivity contribution < 1.29 is 23.1 Å². The number of carbonyl (C=O) groups is 2. The molecule has 10 heteroatoms. The predicted octanol–water partition coefficient (Wildman–Crippen LogP) is 3.98. The number of aromatic amines is 1. The van der Waals surface area contributed by atoms with Gasteiger partial charge in [0.15, 0.2) is 0 Å². The zero-order chi connectivity index (χ0) is 25.0. The van der Waals surface area contributed by atoms with Crippen LogP contribution in [0.15, 0.2) is 83.9 Å². The molecule has 1 aromatic heterocycles. The van der Waals surface area contributed by atoms with E-state index in [9.17, 15) is 18.0 Å². The van der Waals surface area contributed by atoms with Gasteiger partial charge in [-0.25, -0.2) is 8.42 Å². The van der Waals surface area contributed by atoms with Crippen LogP contribution >= 0.6 is 11.6 Å². The summed E-state index contributed by atoms with van der Waals surface area (Å²) in [6.07, 6.45) is 1.71. The zero-order valence-corrected chi connectivity index (χ0v) is 19.9. The van der Waals surface area contributed by atoms with Crippen molar-refractivity contribution in [2.45, 2.75) is 23.8 Å². The first-order chi connectivity index (χ1) is 16.7. The summed E-state index contributed by atoms with van der Waals surface area (Å²) in [6.45, 7) is 0. The Morgan fingerprint density at radius 2 is 1.66 bits per heavy atom. The lowest BCUT2D eigenvalue weighted by atomic mass is 10.0. The van der Waals surface area contributed by atoms with Gasteiger partial charge < -0.3 is 15.4 Å². The first kappa shape index (κ1) is 24.5. The molecule has 4 N–H and O–H groups in total. The molecule has 1 heterocycles. The number of carbonyl (C=O) groups excluding carboxylic acids is 1. The fourth-order valence-corrected chi connectivity index (χ4v) is 5.01. The smallest absolute Gasteiger partial charge is 0.307 e. The minimum absolute atomic E-state index is 0.0170. The number of carboxylic acids is 1. The van der Waals surface area contributed by atoms with Crippen molar-refractivity contribution in [3.63, 3.8) is 0 Å². The van der Waals surface area contributed by atoms with E-state index in [4.69, 9.17) is 16.7 Å². The number of rotatable bonds is 9. The molecule has 0 fully saturated rings. The van der Waals surface area contributed by atoms with Gasteiger partial charge in [0.25, 0.3) is 0 Å². The van der Waals surface area contributed by atoms with E-state index < -0.39 is 27.9 Å². The number of hydrogen-bond donors (Lipinski definition) is 4. The Morgan fingerprint density at radius 3 is 2.34 bits per heavy atom. The SMILES string of the molecule is O=C(O)Cc1ccc(NC(=O)C(Cc2c[nH]c3ccccc23)NS(=O)(=O)c2ccc(Cl)cc2)cc1. The topological polar surface area (TPSA) is 128 Å². The van der Waals surface area contributed by atoms with E-state index in [1.165, 1.54) is 24.3 Å². The number of amides is 1. The van der Waals surface area contributed by atoms with E-state index in [0.717, 1.165) is 16.5 Å². The van der Waals surface area contributed by atoms with E-state index in [0.29, 0.717) is 16.3 Å². The van der Waals surface area contributed by atoms with Crippen molar-refractivity contribution in [1.82, 2.24) is 9.71 Å². The maximum absolute atomic E-state index is 13.2. The van der Waals surface area contributed by atoms with Crippen LogP contribution in [0.4, 0.5) is 5.69 Å². The summed E-state index contributed by atoms with van der Waals surface area (Å²) >= 11 is 5.88. The molecule has 1 unspecified atom stereocenters. The third-order valence-electron chi connectivity index (χ3n) is 5.41. The Bertz CT molecular complexity index is 1470. The van der Waals surface area contributed by atoms with Gasteiger partial charge in [-0.1, -0.05) is 41.9 Å². The Labute approximate surface area is 207 Å². The maximum Gasteiger partial charge on any atom is 0.307 e. The quantitative estimate of drug-likeness (QED) is 0.270. The van der Waals surface area contributed by atoms with Crippen LogP contribution < -0.4 is 10.0 Å². The van der Waals surface area contributed by atoms with Gasteiger partial charge in [0, 0.05) is 27.8 Å². The number of hydrogen-bond acceptors (Lipinski definition) is 4.